The molecule has 1 heteroatoms. The summed E-state index contributed by atoms with van der Waals surface area (Å²) in [7, 11) is 0. The van der Waals surface area contributed by atoms with Gasteiger partial charge in [0.15, 0.2) is 0 Å². The van der Waals surface area contributed by atoms with Gasteiger partial charge in [-0.15, -0.1) is 0 Å². The van der Waals surface area contributed by atoms with Crippen LogP contribution in [0.4, 0.5) is 0 Å². The zero-order valence-electron chi connectivity index (χ0n) is 9.94. The molecule has 1 fully saturated rings. The molecule has 1 aromatic carbocycles. The van der Waals surface area contributed by atoms with Crippen LogP contribution in [0.3, 0.4) is 0 Å². The third kappa shape index (κ3) is 3.08. The van der Waals surface area contributed by atoms with E-state index in [0.29, 0.717) is 18.4 Å². The van der Waals surface area contributed by atoms with Gasteiger partial charge in [0.25, 0.3) is 0 Å². The molecule has 1 aliphatic rings. The van der Waals surface area contributed by atoms with E-state index in [9.17, 15) is 5.11 Å². The summed E-state index contributed by atoms with van der Waals surface area (Å²) in [6.45, 7) is 0.373. The third-order valence-corrected chi connectivity index (χ3v) is 3.89. The van der Waals surface area contributed by atoms with E-state index in [1.165, 1.54) is 37.7 Å². The first-order valence-electron chi connectivity index (χ1n) is 6.55. The summed E-state index contributed by atoms with van der Waals surface area (Å²) in [6.07, 6.45) is 7.65. The topological polar surface area (TPSA) is 20.2 Å². The summed E-state index contributed by atoms with van der Waals surface area (Å²) in [6, 6.07) is 10.7. The van der Waals surface area contributed by atoms with Crippen LogP contribution in [0, 0.1) is 11.8 Å². The summed E-state index contributed by atoms with van der Waals surface area (Å²) in [5.41, 5.74) is 1.42. The second-order valence-electron chi connectivity index (χ2n) is 5.03. The van der Waals surface area contributed by atoms with Crippen molar-refractivity contribution in [3.63, 3.8) is 0 Å². The SMILES string of the molecule is OCC1CCCCCC1Cc1ccccc1. The molecule has 88 valence electrons. The van der Waals surface area contributed by atoms with Crippen LogP contribution in [0.1, 0.15) is 37.7 Å². The Bertz CT molecular complexity index is 294. The van der Waals surface area contributed by atoms with E-state index in [-0.39, 0.29) is 0 Å². The van der Waals surface area contributed by atoms with E-state index in [0.717, 1.165) is 6.42 Å². The van der Waals surface area contributed by atoms with Crippen molar-refractivity contribution in [2.75, 3.05) is 6.61 Å². The second kappa shape index (κ2) is 6.05. The molecule has 0 heterocycles. The van der Waals surface area contributed by atoms with E-state index in [1.54, 1.807) is 0 Å². The molecule has 0 radical (unpaired) electrons. The zero-order valence-corrected chi connectivity index (χ0v) is 9.94. The van der Waals surface area contributed by atoms with Gasteiger partial charge in [-0.25, -0.2) is 0 Å². The Morgan fingerprint density at radius 1 is 0.938 bits per heavy atom. The van der Waals surface area contributed by atoms with Gasteiger partial charge in [0.2, 0.25) is 0 Å². The highest BCUT2D eigenvalue weighted by atomic mass is 16.3. The molecule has 1 aliphatic carbocycles. The predicted molar refractivity (Wildman–Crippen MR) is 67.3 cm³/mol. The molecule has 2 atom stereocenters. The van der Waals surface area contributed by atoms with Gasteiger partial charge in [-0.05, 0) is 36.7 Å². The second-order valence-corrected chi connectivity index (χ2v) is 5.03. The molecule has 1 aromatic rings. The van der Waals surface area contributed by atoms with Crippen LogP contribution < -0.4 is 0 Å². The summed E-state index contributed by atoms with van der Waals surface area (Å²) in [4.78, 5) is 0. The minimum atomic E-state index is 0.373. The maximum absolute atomic E-state index is 9.46. The van der Waals surface area contributed by atoms with Crippen LogP contribution in [0.5, 0.6) is 0 Å². The summed E-state index contributed by atoms with van der Waals surface area (Å²) in [5, 5.41) is 9.46. The van der Waals surface area contributed by atoms with Crippen molar-refractivity contribution < 1.29 is 5.11 Å². The number of rotatable bonds is 3. The van der Waals surface area contributed by atoms with Gasteiger partial charge in [0, 0.05) is 6.61 Å². The first-order valence-corrected chi connectivity index (χ1v) is 6.55. The average Bonchev–Trinajstić information content (AvgIpc) is 2.55. The van der Waals surface area contributed by atoms with Crippen molar-refractivity contribution in [1.82, 2.24) is 0 Å². The van der Waals surface area contributed by atoms with E-state index in [1.807, 2.05) is 0 Å². The lowest BCUT2D eigenvalue weighted by molar-refractivity contribution is 0.166. The molecule has 0 spiro atoms. The Morgan fingerprint density at radius 2 is 1.62 bits per heavy atom. The predicted octanol–water partition coefficient (Wildman–Crippen LogP) is 3.42. The van der Waals surface area contributed by atoms with Gasteiger partial charge in [-0.2, -0.15) is 0 Å². The minimum Gasteiger partial charge on any atom is -0.396 e. The lowest BCUT2D eigenvalue weighted by atomic mass is 9.84. The Labute approximate surface area is 98.5 Å². The molecule has 0 bridgehead atoms. The molecule has 0 aliphatic heterocycles. The van der Waals surface area contributed by atoms with Gasteiger partial charge >= 0.3 is 0 Å². The molecular formula is C15H22O. The number of aliphatic hydroxyl groups excluding tert-OH is 1. The monoisotopic (exact) mass is 218 g/mol. The molecule has 0 aromatic heterocycles. The van der Waals surface area contributed by atoms with Gasteiger partial charge in [0.05, 0.1) is 0 Å². The van der Waals surface area contributed by atoms with E-state index in [2.05, 4.69) is 30.3 Å². The smallest absolute Gasteiger partial charge is 0.0462 e. The Balaban J connectivity index is 2.00. The van der Waals surface area contributed by atoms with Gasteiger partial charge in [-0.1, -0.05) is 49.6 Å². The van der Waals surface area contributed by atoms with Crippen molar-refractivity contribution >= 4 is 0 Å². The molecule has 2 rings (SSSR count). The molecule has 0 amide bonds. The van der Waals surface area contributed by atoms with E-state index >= 15 is 0 Å². The largest absolute Gasteiger partial charge is 0.396 e. The van der Waals surface area contributed by atoms with Crippen LogP contribution in [0.15, 0.2) is 30.3 Å². The van der Waals surface area contributed by atoms with Crippen LogP contribution in [0.2, 0.25) is 0 Å². The normalized spacial score (nSPS) is 26.3. The highest BCUT2D eigenvalue weighted by Crippen LogP contribution is 2.31. The molecule has 1 nitrogen and oxygen atoms in total. The Hall–Kier alpha value is -0.820. The fourth-order valence-electron chi connectivity index (χ4n) is 2.89. The first kappa shape index (κ1) is 11.7. The zero-order chi connectivity index (χ0) is 11.2. The molecule has 1 saturated carbocycles. The van der Waals surface area contributed by atoms with Gasteiger partial charge in [-0.3, -0.25) is 0 Å². The fraction of sp³-hybridized carbons (Fsp3) is 0.600. The van der Waals surface area contributed by atoms with Gasteiger partial charge in [0.1, 0.15) is 0 Å². The van der Waals surface area contributed by atoms with Crippen LogP contribution >= 0.6 is 0 Å². The Kier molecular flexibility index (Phi) is 4.41. The number of benzene rings is 1. The summed E-state index contributed by atoms with van der Waals surface area (Å²) >= 11 is 0. The standard InChI is InChI=1S/C15H22O/c16-12-15-10-6-2-5-9-14(15)11-13-7-3-1-4-8-13/h1,3-4,7-8,14-16H,2,5-6,9-12H2. The maximum atomic E-state index is 9.46. The molecule has 1 N–H and O–H groups in total. The third-order valence-electron chi connectivity index (χ3n) is 3.89. The van der Waals surface area contributed by atoms with Gasteiger partial charge < -0.3 is 5.11 Å². The molecule has 0 saturated heterocycles. The highest BCUT2D eigenvalue weighted by Gasteiger charge is 2.22. The first-order chi connectivity index (χ1) is 7.90. The quantitative estimate of drug-likeness (QED) is 0.771. The van der Waals surface area contributed by atoms with Crippen LogP contribution in [-0.4, -0.2) is 11.7 Å². The van der Waals surface area contributed by atoms with Crippen molar-refractivity contribution in [1.29, 1.82) is 0 Å². The number of hydrogen-bond donors (Lipinski definition) is 1. The minimum absolute atomic E-state index is 0.373. The summed E-state index contributed by atoms with van der Waals surface area (Å²) < 4.78 is 0. The average molecular weight is 218 g/mol. The Morgan fingerprint density at radius 3 is 2.31 bits per heavy atom. The highest BCUT2D eigenvalue weighted by molar-refractivity contribution is 5.15. The van der Waals surface area contributed by atoms with Crippen LogP contribution in [-0.2, 0) is 6.42 Å². The lowest BCUT2D eigenvalue weighted by Gasteiger charge is -2.23. The van der Waals surface area contributed by atoms with Crippen molar-refractivity contribution in [2.24, 2.45) is 11.8 Å². The molecule has 2 unspecified atom stereocenters. The van der Waals surface area contributed by atoms with E-state index < -0.39 is 0 Å². The van der Waals surface area contributed by atoms with Crippen LogP contribution in [0.25, 0.3) is 0 Å². The number of aliphatic hydroxyl groups is 1. The number of hydrogen-bond acceptors (Lipinski definition) is 1. The van der Waals surface area contributed by atoms with E-state index in [4.69, 9.17) is 0 Å². The summed E-state index contributed by atoms with van der Waals surface area (Å²) in [5.74, 6) is 1.22. The van der Waals surface area contributed by atoms with Crippen molar-refractivity contribution in [2.45, 2.75) is 38.5 Å². The molecule has 16 heavy (non-hydrogen) atoms. The maximum Gasteiger partial charge on any atom is 0.0462 e. The lowest BCUT2D eigenvalue weighted by Crippen LogP contribution is -2.19. The molecular weight excluding hydrogens is 196 g/mol. The fourth-order valence-corrected chi connectivity index (χ4v) is 2.89. The van der Waals surface area contributed by atoms with Crippen molar-refractivity contribution in [3.05, 3.63) is 35.9 Å². The van der Waals surface area contributed by atoms with Crippen molar-refractivity contribution in [3.8, 4) is 0 Å².